The molecule has 2 rings (SSSR count). The van der Waals surface area contributed by atoms with Crippen LogP contribution >= 0.6 is 11.6 Å². The molecular formula is C19H21ClN2O6S. The zero-order valence-corrected chi connectivity index (χ0v) is 17.5. The lowest BCUT2D eigenvalue weighted by molar-refractivity contribution is -0.118. The van der Waals surface area contributed by atoms with E-state index < -0.39 is 28.5 Å². The van der Waals surface area contributed by atoms with Crippen molar-refractivity contribution in [1.82, 2.24) is 4.72 Å². The van der Waals surface area contributed by atoms with Crippen LogP contribution in [0.15, 0.2) is 47.4 Å². The number of hydrogen-bond acceptors (Lipinski definition) is 6. The Hall–Kier alpha value is -2.62. The molecular weight excluding hydrogens is 420 g/mol. The molecule has 0 heterocycles. The summed E-state index contributed by atoms with van der Waals surface area (Å²) < 4.78 is 36.7. The van der Waals surface area contributed by atoms with Crippen LogP contribution in [0.1, 0.15) is 23.7 Å². The summed E-state index contributed by atoms with van der Waals surface area (Å²) in [6.07, 6.45) is 0.655. The van der Waals surface area contributed by atoms with E-state index in [1.165, 1.54) is 31.4 Å². The van der Waals surface area contributed by atoms with Gasteiger partial charge in [0.15, 0.2) is 6.61 Å². The quantitative estimate of drug-likeness (QED) is 0.580. The van der Waals surface area contributed by atoms with Gasteiger partial charge >= 0.3 is 5.97 Å². The molecule has 10 heteroatoms. The maximum atomic E-state index is 12.2. The number of hydrogen-bond donors (Lipinski definition) is 2. The number of benzene rings is 2. The number of anilines is 1. The number of methoxy groups -OCH3 is 1. The Morgan fingerprint density at radius 1 is 1.14 bits per heavy atom. The molecule has 0 atom stereocenters. The smallest absolute Gasteiger partial charge is 0.339 e. The van der Waals surface area contributed by atoms with Gasteiger partial charge in [-0.2, -0.15) is 0 Å². The summed E-state index contributed by atoms with van der Waals surface area (Å²) in [5.41, 5.74) is 0.484. The Morgan fingerprint density at radius 3 is 2.52 bits per heavy atom. The van der Waals surface area contributed by atoms with Crippen molar-refractivity contribution in [2.45, 2.75) is 18.2 Å². The number of sulfonamides is 1. The van der Waals surface area contributed by atoms with Crippen LogP contribution in [-0.4, -0.2) is 40.6 Å². The summed E-state index contributed by atoms with van der Waals surface area (Å²) in [6, 6.07) is 10.3. The van der Waals surface area contributed by atoms with E-state index in [0.29, 0.717) is 13.0 Å². The normalized spacial score (nSPS) is 11.0. The molecule has 0 aliphatic rings. The molecule has 2 aromatic rings. The van der Waals surface area contributed by atoms with E-state index in [2.05, 4.69) is 14.8 Å². The fraction of sp³-hybridized carbons (Fsp3) is 0.263. The van der Waals surface area contributed by atoms with Gasteiger partial charge in [-0.15, -0.1) is 0 Å². The molecule has 0 radical (unpaired) electrons. The third kappa shape index (κ3) is 6.18. The molecule has 0 unspecified atom stereocenters. The fourth-order valence-corrected chi connectivity index (χ4v) is 3.75. The highest BCUT2D eigenvalue weighted by molar-refractivity contribution is 7.89. The summed E-state index contributed by atoms with van der Waals surface area (Å²) in [5.74, 6) is -0.963. The number of rotatable bonds is 9. The Kier molecular flexibility index (Phi) is 8.00. The summed E-state index contributed by atoms with van der Waals surface area (Å²) in [6.45, 7) is 1.77. The largest absolute Gasteiger partial charge is 0.482 e. The average molecular weight is 441 g/mol. The minimum absolute atomic E-state index is 0.000225. The van der Waals surface area contributed by atoms with Crippen LogP contribution in [0, 0.1) is 0 Å². The molecule has 0 aliphatic carbocycles. The van der Waals surface area contributed by atoms with Crippen molar-refractivity contribution in [2.24, 2.45) is 0 Å². The molecule has 2 N–H and O–H groups in total. The first-order chi connectivity index (χ1) is 13.8. The summed E-state index contributed by atoms with van der Waals surface area (Å²) >= 11 is 6.09. The number of ether oxygens (including phenoxy) is 2. The second kappa shape index (κ2) is 10.2. The molecule has 156 valence electrons. The van der Waals surface area contributed by atoms with Crippen molar-refractivity contribution >= 4 is 39.2 Å². The molecule has 0 fully saturated rings. The predicted octanol–water partition coefficient (Wildman–Crippen LogP) is 2.83. The highest BCUT2D eigenvalue weighted by atomic mass is 35.5. The van der Waals surface area contributed by atoms with Crippen molar-refractivity contribution in [3.63, 3.8) is 0 Å². The van der Waals surface area contributed by atoms with E-state index in [0.717, 1.165) is 0 Å². The van der Waals surface area contributed by atoms with Gasteiger partial charge in [0.25, 0.3) is 5.91 Å². The molecule has 1 amide bonds. The zero-order valence-electron chi connectivity index (χ0n) is 15.9. The number of carbonyl (C=O) groups is 2. The monoisotopic (exact) mass is 440 g/mol. The molecule has 0 saturated carbocycles. The van der Waals surface area contributed by atoms with Crippen molar-refractivity contribution in [2.75, 3.05) is 25.6 Å². The van der Waals surface area contributed by atoms with E-state index in [-0.39, 0.29) is 26.9 Å². The molecule has 2 aromatic carbocycles. The highest BCUT2D eigenvalue weighted by Gasteiger charge is 2.17. The number of carbonyl (C=O) groups excluding carboxylic acids is 2. The third-order valence-electron chi connectivity index (χ3n) is 3.72. The Bertz CT molecular complexity index is 994. The van der Waals surface area contributed by atoms with Crippen LogP contribution in [0.25, 0.3) is 0 Å². The number of amides is 1. The van der Waals surface area contributed by atoms with Gasteiger partial charge in [-0.25, -0.2) is 17.9 Å². The van der Waals surface area contributed by atoms with Crippen LogP contribution in [0.4, 0.5) is 5.69 Å². The fourth-order valence-electron chi connectivity index (χ4n) is 2.30. The summed E-state index contributed by atoms with van der Waals surface area (Å²) in [7, 11) is -2.42. The molecule has 0 bridgehead atoms. The second-order valence-corrected chi connectivity index (χ2v) is 8.04. The molecule has 0 aliphatic heterocycles. The average Bonchev–Trinajstić information content (AvgIpc) is 2.71. The van der Waals surface area contributed by atoms with Gasteiger partial charge in [0, 0.05) is 6.54 Å². The Morgan fingerprint density at radius 2 is 1.86 bits per heavy atom. The van der Waals surface area contributed by atoms with Crippen LogP contribution in [0.2, 0.25) is 5.02 Å². The minimum atomic E-state index is -3.66. The van der Waals surface area contributed by atoms with Crippen LogP contribution in [0.3, 0.4) is 0 Å². The molecule has 8 nitrogen and oxygen atoms in total. The Labute approximate surface area is 174 Å². The van der Waals surface area contributed by atoms with Gasteiger partial charge in [0.05, 0.1) is 28.3 Å². The number of para-hydroxylation sites is 1. The topological polar surface area (TPSA) is 111 Å². The van der Waals surface area contributed by atoms with Gasteiger partial charge in [-0.05, 0) is 36.8 Å². The molecule has 0 saturated heterocycles. The number of halogens is 1. The standard InChI is InChI=1S/C19H21ClN2O6S/c1-3-10-21-29(25,26)13-8-9-17(15(20)11-13)28-12-18(23)22-16-7-5-4-6-14(16)19(24)27-2/h4-9,11,21H,3,10,12H2,1-2H3,(H,22,23). The second-order valence-electron chi connectivity index (χ2n) is 5.86. The van der Waals surface area contributed by atoms with Gasteiger partial charge in [0.2, 0.25) is 10.0 Å². The van der Waals surface area contributed by atoms with E-state index in [1.54, 1.807) is 18.2 Å². The molecule has 0 spiro atoms. The van der Waals surface area contributed by atoms with Crippen molar-refractivity contribution in [3.05, 3.63) is 53.1 Å². The van der Waals surface area contributed by atoms with Gasteiger partial charge in [0.1, 0.15) is 5.75 Å². The first kappa shape index (κ1) is 22.7. The van der Waals surface area contributed by atoms with Crippen LogP contribution in [0.5, 0.6) is 5.75 Å². The van der Waals surface area contributed by atoms with Gasteiger partial charge < -0.3 is 14.8 Å². The van der Waals surface area contributed by atoms with Gasteiger partial charge in [-0.3, -0.25) is 4.79 Å². The van der Waals surface area contributed by atoms with E-state index in [4.69, 9.17) is 16.3 Å². The van der Waals surface area contributed by atoms with Crippen LogP contribution in [-0.2, 0) is 19.6 Å². The lowest BCUT2D eigenvalue weighted by atomic mass is 10.2. The van der Waals surface area contributed by atoms with Crippen molar-refractivity contribution < 1.29 is 27.5 Å². The first-order valence-electron chi connectivity index (χ1n) is 8.67. The van der Waals surface area contributed by atoms with E-state index >= 15 is 0 Å². The highest BCUT2D eigenvalue weighted by Crippen LogP contribution is 2.27. The lowest BCUT2D eigenvalue weighted by Crippen LogP contribution is -2.24. The summed E-state index contributed by atoms with van der Waals surface area (Å²) in [5, 5.41) is 2.61. The third-order valence-corrected chi connectivity index (χ3v) is 5.48. The lowest BCUT2D eigenvalue weighted by Gasteiger charge is -2.12. The van der Waals surface area contributed by atoms with Crippen molar-refractivity contribution in [3.8, 4) is 5.75 Å². The SMILES string of the molecule is CCCNS(=O)(=O)c1ccc(OCC(=O)Nc2ccccc2C(=O)OC)c(Cl)c1. The maximum absolute atomic E-state index is 12.2. The minimum Gasteiger partial charge on any atom is -0.482 e. The summed E-state index contributed by atoms with van der Waals surface area (Å²) in [4.78, 5) is 23.9. The van der Waals surface area contributed by atoms with Crippen molar-refractivity contribution in [1.29, 1.82) is 0 Å². The number of esters is 1. The van der Waals surface area contributed by atoms with Gasteiger partial charge in [-0.1, -0.05) is 30.7 Å². The van der Waals surface area contributed by atoms with Crippen LogP contribution < -0.4 is 14.8 Å². The molecule has 0 aromatic heterocycles. The number of nitrogens with one attached hydrogen (secondary N) is 2. The molecule has 29 heavy (non-hydrogen) atoms. The Balaban J connectivity index is 2.04. The first-order valence-corrected chi connectivity index (χ1v) is 10.5. The van der Waals surface area contributed by atoms with E-state index in [9.17, 15) is 18.0 Å². The predicted molar refractivity (Wildman–Crippen MR) is 109 cm³/mol. The maximum Gasteiger partial charge on any atom is 0.339 e. The zero-order chi connectivity index (χ0) is 21.4. The van der Waals surface area contributed by atoms with E-state index in [1.807, 2.05) is 6.92 Å².